The molecule has 0 spiro atoms. The molecule has 2 heteroatoms. The number of hydrogen-bond donors (Lipinski definition) is 0. The Bertz CT molecular complexity index is 3510. The molecule has 12 aromatic rings. The first-order valence-corrected chi connectivity index (χ1v) is 19.1. The molecule has 0 aliphatic rings. The van der Waals surface area contributed by atoms with Crippen molar-refractivity contribution in [3.05, 3.63) is 194 Å². The van der Waals surface area contributed by atoms with E-state index >= 15 is 0 Å². The maximum atomic E-state index is 6.43. The van der Waals surface area contributed by atoms with Gasteiger partial charge in [0.15, 0.2) is 11.2 Å². The molecule has 2 heterocycles. The molecule has 0 N–H and O–H groups in total. The summed E-state index contributed by atoms with van der Waals surface area (Å²) in [4.78, 5) is 0. The van der Waals surface area contributed by atoms with Crippen LogP contribution >= 0.6 is 0 Å². The van der Waals surface area contributed by atoms with Crippen molar-refractivity contribution < 1.29 is 8.83 Å². The molecular weight excluding hydrogens is 681 g/mol. The molecule has 10 aromatic carbocycles. The van der Waals surface area contributed by atoms with Crippen LogP contribution < -0.4 is 0 Å². The van der Waals surface area contributed by atoms with Gasteiger partial charge in [-0.1, -0.05) is 140 Å². The highest BCUT2D eigenvalue weighted by Gasteiger charge is 2.17. The molecule has 56 heavy (non-hydrogen) atoms. The molecular formula is C54H32O2. The van der Waals surface area contributed by atoms with Crippen LogP contribution in [0.4, 0.5) is 0 Å². The summed E-state index contributed by atoms with van der Waals surface area (Å²) in [5.74, 6) is 0. The summed E-state index contributed by atoms with van der Waals surface area (Å²) in [5, 5.41) is 12.0. The summed E-state index contributed by atoms with van der Waals surface area (Å²) in [6.07, 6.45) is 0. The number of rotatable bonds is 4. The van der Waals surface area contributed by atoms with Gasteiger partial charge in [0, 0.05) is 21.5 Å². The molecule has 0 aliphatic heterocycles. The van der Waals surface area contributed by atoms with Gasteiger partial charge in [-0.3, -0.25) is 0 Å². The van der Waals surface area contributed by atoms with E-state index in [9.17, 15) is 0 Å². The van der Waals surface area contributed by atoms with Crippen molar-refractivity contribution in [1.82, 2.24) is 0 Å². The minimum absolute atomic E-state index is 0.795. The van der Waals surface area contributed by atoms with Gasteiger partial charge < -0.3 is 8.83 Å². The maximum absolute atomic E-state index is 6.43. The molecule has 260 valence electrons. The van der Waals surface area contributed by atoms with E-state index in [1.54, 1.807) is 0 Å². The molecule has 0 radical (unpaired) electrons. The zero-order valence-electron chi connectivity index (χ0n) is 30.3. The Balaban J connectivity index is 0.928. The lowest BCUT2D eigenvalue weighted by Crippen LogP contribution is -1.87. The van der Waals surface area contributed by atoms with Crippen LogP contribution in [-0.4, -0.2) is 0 Å². The fourth-order valence-electron chi connectivity index (χ4n) is 8.90. The van der Waals surface area contributed by atoms with Crippen LogP contribution in [0.15, 0.2) is 203 Å². The van der Waals surface area contributed by atoms with Crippen LogP contribution in [0, 0.1) is 0 Å². The quantitative estimate of drug-likeness (QED) is 0.170. The van der Waals surface area contributed by atoms with E-state index in [2.05, 4.69) is 176 Å². The Morgan fingerprint density at radius 2 is 0.571 bits per heavy atom. The molecule has 0 aliphatic carbocycles. The van der Waals surface area contributed by atoms with Gasteiger partial charge in [-0.15, -0.1) is 0 Å². The van der Waals surface area contributed by atoms with E-state index in [4.69, 9.17) is 8.83 Å². The van der Waals surface area contributed by atoms with E-state index in [-0.39, 0.29) is 0 Å². The van der Waals surface area contributed by atoms with Gasteiger partial charge in [-0.25, -0.2) is 0 Å². The highest BCUT2D eigenvalue weighted by atomic mass is 16.4. The smallest absolute Gasteiger partial charge is 0.178 e. The van der Waals surface area contributed by atoms with E-state index < -0.39 is 0 Å². The summed E-state index contributed by atoms with van der Waals surface area (Å²) in [5.41, 5.74) is 12.9. The van der Waals surface area contributed by atoms with E-state index in [0.29, 0.717) is 0 Å². The monoisotopic (exact) mass is 712 g/mol. The van der Waals surface area contributed by atoms with Gasteiger partial charge in [0.05, 0.1) is 0 Å². The van der Waals surface area contributed by atoms with Crippen molar-refractivity contribution in [2.24, 2.45) is 0 Å². The first-order chi connectivity index (χ1) is 27.7. The lowest BCUT2D eigenvalue weighted by molar-refractivity contribution is 0.633. The zero-order valence-corrected chi connectivity index (χ0v) is 30.3. The van der Waals surface area contributed by atoms with Crippen molar-refractivity contribution >= 4 is 76.2 Å². The number of hydrogen-bond acceptors (Lipinski definition) is 2. The second-order valence-corrected chi connectivity index (χ2v) is 14.8. The molecule has 0 amide bonds. The predicted molar refractivity (Wildman–Crippen MR) is 235 cm³/mol. The number of fused-ring (bicyclic) bond motifs is 13. The van der Waals surface area contributed by atoms with Crippen LogP contribution in [0.5, 0.6) is 0 Å². The van der Waals surface area contributed by atoms with Crippen molar-refractivity contribution in [1.29, 1.82) is 0 Å². The topological polar surface area (TPSA) is 26.3 Å². The summed E-state index contributed by atoms with van der Waals surface area (Å²) < 4.78 is 12.7. The van der Waals surface area contributed by atoms with Gasteiger partial charge >= 0.3 is 0 Å². The average Bonchev–Trinajstić information content (AvgIpc) is 3.85. The van der Waals surface area contributed by atoms with Crippen molar-refractivity contribution in [3.63, 3.8) is 0 Å². The number of benzene rings is 10. The Labute approximate surface area is 322 Å². The highest BCUT2D eigenvalue weighted by molar-refractivity contribution is 6.26. The van der Waals surface area contributed by atoms with Gasteiger partial charge in [0.25, 0.3) is 0 Å². The molecule has 0 bridgehead atoms. The molecule has 0 saturated heterocycles. The lowest BCUT2D eigenvalue weighted by Gasteiger charge is -2.14. The second-order valence-electron chi connectivity index (χ2n) is 14.8. The fourth-order valence-corrected chi connectivity index (χ4v) is 8.90. The fraction of sp³-hybridized carbons (Fsp3) is 0. The van der Waals surface area contributed by atoms with Crippen LogP contribution in [-0.2, 0) is 0 Å². The number of furan rings is 2. The number of para-hydroxylation sites is 1. The van der Waals surface area contributed by atoms with E-state index in [1.165, 1.54) is 65.7 Å². The van der Waals surface area contributed by atoms with Crippen molar-refractivity contribution in [2.45, 2.75) is 0 Å². The third-order valence-corrected chi connectivity index (χ3v) is 11.7. The Morgan fingerprint density at radius 1 is 0.196 bits per heavy atom. The van der Waals surface area contributed by atoms with Crippen LogP contribution in [0.2, 0.25) is 0 Å². The SMILES string of the molecule is c1ccc(-c2ccc3c4ccc(-c5cccc(-c6cccc(-c7ccc8oc9c(ccc%10c%11ccccc%11oc%109)c8c7)c6)c5)cc4c4ccccc4c3c2)cc1. The second kappa shape index (κ2) is 12.0. The Morgan fingerprint density at radius 3 is 1.16 bits per heavy atom. The molecule has 0 fully saturated rings. The molecule has 0 unspecified atom stereocenters. The third kappa shape index (κ3) is 4.76. The summed E-state index contributed by atoms with van der Waals surface area (Å²) in [7, 11) is 0. The first-order valence-electron chi connectivity index (χ1n) is 19.1. The Hall–Kier alpha value is -7.42. The molecule has 0 atom stereocenters. The molecule has 2 aromatic heterocycles. The van der Waals surface area contributed by atoms with Crippen LogP contribution in [0.3, 0.4) is 0 Å². The third-order valence-electron chi connectivity index (χ3n) is 11.7. The maximum Gasteiger partial charge on any atom is 0.178 e. The van der Waals surface area contributed by atoms with Gasteiger partial charge in [0.2, 0.25) is 0 Å². The normalized spacial score (nSPS) is 11.9. The predicted octanol–water partition coefficient (Wildman–Crippen LogP) is 15.6. The summed E-state index contributed by atoms with van der Waals surface area (Å²) in [6.45, 7) is 0. The van der Waals surface area contributed by atoms with E-state index in [0.717, 1.165) is 55.0 Å². The lowest BCUT2D eigenvalue weighted by atomic mass is 9.90. The standard InChI is InChI=1S/C54H32O2/c1-2-10-33(11-3-1)38-20-23-43-44-24-21-39(31-49(44)42-17-5-4-16-41(42)48(43)30-38)36-14-8-12-34(28-36)35-13-9-15-37(29-35)40-22-27-52-50(32-40)47-26-25-46-45-18-6-7-19-51(45)55-53(46)54(47)56-52/h1-32H. The minimum atomic E-state index is 0.795. The Kier molecular flexibility index (Phi) is 6.66. The van der Waals surface area contributed by atoms with Crippen LogP contribution in [0.25, 0.3) is 121 Å². The average molecular weight is 713 g/mol. The molecule has 0 saturated carbocycles. The van der Waals surface area contributed by atoms with Gasteiger partial charge in [-0.05, 0) is 131 Å². The summed E-state index contributed by atoms with van der Waals surface area (Å²) in [6, 6.07) is 70.1. The molecule has 2 nitrogen and oxygen atoms in total. The highest BCUT2D eigenvalue weighted by Crippen LogP contribution is 2.42. The van der Waals surface area contributed by atoms with E-state index in [1.807, 2.05) is 18.2 Å². The largest absolute Gasteiger partial charge is 0.452 e. The molecule has 12 rings (SSSR count). The van der Waals surface area contributed by atoms with Crippen molar-refractivity contribution in [3.8, 4) is 44.5 Å². The van der Waals surface area contributed by atoms with Crippen molar-refractivity contribution in [2.75, 3.05) is 0 Å². The van der Waals surface area contributed by atoms with Gasteiger partial charge in [0.1, 0.15) is 11.2 Å². The zero-order chi connectivity index (χ0) is 36.7. The minimum Gasteiger partial charge on any atom is -0.452 e. The summed E-state index contributed by atoms with van der Waals surface area (Å²) >= 11 is 0. The van der Waals surface area contributed by atoms with Gasteiger partial charge in [-0.2, -0.15) is 0 Å². The van der Waals surface area contributed by atoms with Crippen LogP contribution in [0.1, 0.15) is 0 Å². The first kappa shape index (κ1) is 31.0.